The molecule has 0 aliphatic carbocycles. The maximum absolute atomic E-state index is 13.8. The minimum absolute atomic E-state index is 0.00934. The maximum atomic E-state index is 13.8. The van der Waals surface area contributed by atoms with Gasteiger partial charge in [0.2, 0.25) is 10.0 Å². The largest absolute Gasteiger partial charge is 0.309 e. The summed E-state index contributed by atoms with van der Waals surface area (Å²) in [5.41, 5.74) is 0.324. The van der Waals surface area contributed by atoms with Crippen molar-refractivity contribution >= 4 is 21.6 Å². The summed E-state index contributed by atoms with van der Waals surface area (Å²) in [6.07, 6.45) is -0.230. The van der Waals surface area contributed by atoms with Gasteiger partial charge in [-0.3, -0.25) is 0 Å². The highest BCUT2D eigenvalue weighted by atomic mass is 35.5. The molecule has 2 N–H and O–H groups in total. The van der Waals surface area contributed by atoms with Crippen LogP contribution in [-0.4, -0.2) is 39.5 Å². The zero-order chi connectivity index (χ0) is 14.9. The third-order valence-corrected chi connectivity index (χ3v) is 4.21. The monoisotopic (exact) mass is 324 g/mol. The summed E-state index contributed by atoms with van der Waals surface area (Å²) in [6, 6.07) is 3.14. The van der Waals surface area contributed by atoms with Crippen molar-refractivity contribution in [3.05, 3.63) is 34.6 Å². The quantitative estimate of drug-likeness (QED) is 0.876. The first-order valence-electron chi connectivity index (χ1n) is 6.05. The Bertz CT molecular complexity index is 597. The van der Waals surface area contributed by atoms with Gasteiger partial charge in [0.1, 0.15) is 12.0 Å². The van der Waals surface area contributed by atoms with Crippen molar-refractivity contribution in [2.24, 2.45) is 0 Å². The SMILES string of the molecule is CS(=O)(=O)N[C@@H]1[C@H](Cc2cccc(Cl)c2F)NC[C@@H]1F. The summed E-state index contributed by atoms with van der Waals surface area (Å²) in [5.74, 6) is -0.559. The van der Waals surface area contributed by atoms with Crippen LogP contribution in [0.4, 0.5) is 8.78 Å². The average Bonchev–Trinajstić information content (AvgIpc) is 2.66. The minimum Gasteiger partial charge on any atom is -0.309 e. The van der Waals surface area contributed by atoms with E-state index in [4.69, 9.17) is 11.6 Å². The summed E-state index contributed by atoms with van der Waals surface area (Å²) < 4.78 is 52.3. The van der Waals surface area contributed by atoms with Gasteiger partial charge in [-0.25, -0.2) is 21.9 Å². The van der Waals surface area contributed by atoms with Crippen molar-refractivity contribution in [1.82, 2.24) is 10.0 Å². The van der Waals surface area contributed by atoms with Gasteiger partial charge in [-0.15, -0.1) is 0 Å². The second-order valence-corrected chi connectivity index (χ2v) is 7.05. The molecule has 0 aromatic heterocycles. The van der Waals surface area contributed by atoms with Gasteiger partial charge in [0, 0.05) is 12.6 Å². The second-order valence-electron chi connectivity index (χ2n) is 4.86. The smallest absolute Gasteiger partial charge is 0.209 e. The summed E-state index contributed by atoms with van der Waals surface area (Å²) in [7, 11) is -3.53. The number of rotatable bonds is 4. The molecule has 0 unspecified atom stereocenters. The van der Waals surface area contributed by atoms with Gasteiger partial charge in [0.05, 0.1) is 17.3 Å². The molecule has 20 heavy (non-hydrogen) atoms. The van der Waals surface area contributed by atoms with Crippen molar-refractivity contribution in [2.75, 3.05) is 12.8 Å². The molecule has 0 radical (unpaired) electrons. The number of hydrogen-bond donors (Lipinski definition) is 2. The summed E-state index contributed by atoms with van der Waals surface area (Å²) in [4.78, 5) is 0. The van der Waals surface area contributed by atoms with Gasteiger partial charge in [-0.2, -0.15) is 0 Å². The summed E-state index contributed by atoms with van der Waals surface area (Å²) in [5, 5.41) is 2.85. The van der Waals surface area contributed by atoms with E-state index >= 15 is 0 Å². The molecule has 0 bridgehead atoms. The highest BCUT2D eigenvalue weighted by Crippen LogP contribution is 2.22. The molecule has 8 heteroatoms. The number of sulfonamides is 1. The third kappa shape index (κ3) is 3.66. The molecule has 2 rings (SSSR count). The van der Waals surface area contributed by atoms with E-state index in [1.54, 1.807) is 12.1 Å². The van der Waals surface area contributed by atoms with Crippen LogP contribution in [0.25, 0.3) is 0 Å². The Morgan fingerprint density at radius 3 is 2.85 bits per heavy atom. The predicted molar refractivity (Wildman–Crippen MR) is 73.6 cm³/mol. The van der Waals surface area contributed by atoms with Crippen molar-refractivity contribution in [2.45, 2.75) is 24.7 Å². The van der Waals surface area contributed by atoms with E-state index in [0.29, 0.717) is 5.56 Å². The van der Waals surface area contributed by atoms with Gasteiger partial charge < -0.3 is 5.32 Å². The molecule has 0 spiro atoms. The standard InChI is InChI=1S/C12H15ClF2N2O2S/c1-20(18,19)17-12-9(14)6-16-10(12)5-7-3-2-4-8(13)11(7)15/h2-4,9-10,12,16-17H,5-6H2,1H3/t9-,10-,12-/m0/s1. The van der Waals surface area contributed by atoms with E-state index in [1.807, 2.05) is 0 Å². The van der Waals surface area contributed by atoms with Crippen LogP contribution < -0.4 is 10.0 Å². The van der Waals surface area contributed by atoms with E-state index in [1.165, 1.54) is 6.07 Å². The molecule has 4 nitrogen and oxygen atoms in total. The van der Waals surface area contributed by atoms with E-state index in [9.17, 15) is 17.2 Å². The second kappa shape index (κ2) is 5.93. The molecule has 0 saturated carbocycles. The Labute approximate surface area is 121 Å². The molecule has 1 saturated heterocycles. The van der Waals surface area contributed by atoms with Crippen LogP contribution in [0.15, 0.2) is 18.2 Å². The van der Waals surface area contributed by atoms with Crippen molar-refractivity contribution in [3.8, 4) is 0 Å². The van der Waals surface area contributed by atoms with Crippen molar-refractivity contribution in [1.29, 1.82) is 0 Å². The number of nitrogens with one attached hydrogen (secondary N) is 2. The van der Waals surface area contributed by atoms with Crippen LogP contribution >= 0.6 is 11.6 Å². The molecule has 1 aliphatic heterocycles. The third-order valence-electron chi connectivity index (χ3n) is 3.22. The van der Waals surface area contributed by atoms with Crippen LogP contribution in [-0.2, 0) is 16.4 Å². The van der Waals surface area contributed by atoms with Gasteiger partial charge >= 0.3 is 0 Å². The molecule has 112 valence electrons. The molecule has 1 fully saturated rings. The average molecular weight is 325 g/mol. The fraction of sp³-hybridized carbons (Fsp3) is 0.500. The Kier molecular flexibility index (Phi) is 4.63. The Balaban J connectivity index is 2.17. The zero-order valence-corrected chi connectivity index (χ0v) is 12.3. The molecule has 1 aliphatic rings. The van der Waals surface area contributed by atoms with Gasteiger partial charge in [-0.1, -0.05) is 23.7 Å². The predicted octanol–water partition coefficient (Wildman–Crippen LogP) is 1.25. The van der Waals surface area contributed by atoms with E-state index in [0.717, 1.165) is 6.26 Å². The van der Waals surface area contributed by atoms with Gasteiger partial charge in [0.15, 0.2) is 0 Å². The van der Waals surface area contributed by atoms with Crippen LogP contribution in [0, 0.1) is 5.82 Å². The summed E-state index contributed by atoms with van der Waals surface area (Å²) >= 11 is 5.69. The first-order valence-corrected chi connectivity index (χ1v) is 8.32. The topological polar surface area (TPSA) is 58.2 Å². The highest BCUT2D eigenvalue weighted by Gasteiger charge is 2.38. The number of hydrogen-bond acceptors (Lipinski definition) is 3. The molecular formula is C12H15ClF2N2O2S. The van der Waals surface area contributed by atoms with Gasteiger partial charge in [-0.05, 0) is 18.1 Å². The van der Waals surface area contributed by atoms with Crippen LogP contribution in [0.5, 0.6) is 0 Å². The van der Waals surface area contributed by atoms with E-state index in [-0.39, 0.29) is 18.0 Å². The fourth-order valence-corrected chi connectivity index (χ4v) is 3.32. The van der Waals surface area contributed by atoms with E-state index in [2.05, 4.69) is 10.0 Å². The maximum Gasteiger partial charge on any atom is 0.209 e. The molecule has 0 amide bonds. The Hall–Kier alpha value is -0.760. The van der Waals surface area contributed by atoms with Crippen molar-refractivity contribution < 1.29 is 17.2 Å². The van der Waals surface area contributed by atoms with Crippen LogP contribution in [0.2, 0.25) is 5.02 Å². The Morgan fingerprint density at radius 2 is 2.20 bits per heavy atom. The molecular weight excluding hydrogens is 310 g/mol. The Morgan fingerprint density at radius 1 is 1.50 bits per heavy atom. The number of halogens is 3. The molecule has 1 heterocycles. The van der Waals surface area contributed by atoms with Crippen molar-refractivity contribution in [3.63, 3.8) is 0 Å². The van der Waals surface area contributed by atoms with Crippen LogP contribution in [0.3, 0.4) is 0 Å². The lowest BCUT2D eigenvalue weighted by atomic mass is 10.0. The molecule has 3 atom stereocenters. The number of benzene rings is 1. The molecule has 1 aromatic carbocycles. The van der Waals surface area contributed by atoms with Crippen LogP contribution in [0.1, 0.15) is 5.56 Å². The zero-order valence-electron chi connectivity index (χ0n) is 10.7. The lowest BCUT2D eigenvalue weighted by Gasteiger charge is -2.21. The fourth-order valence-electron chi connectivity index (χ4n) is 2.32. The first-order chi connectivity index (χ1) is 9.28. The van der Waals surface area contributed by atoms with E-state index < -0.39 is 34.1 Å². The lowest BCUT2D eigenvalue weighted by Crippen LogP contribution is -2.47. The number of alkyl halides is 1. The lowest BCUT2D eigenvalue weighted by molar-refractivity contribution is 0.304. The highest BCUT2D eigenvalue weighted by molar-refractivity contribution is 7.88. The summed E-state index contributed by atoms with van der Waals surface area (Å²) in [6.45, 7) is 0.0278. The minimum atomic E-state index is -3.53. The first kappa shape index (κ1) is 15.6. The molecule has 1 aromatic rings. The normalized spacial score (nSPS) is 26.9. The van der Waals surface area contributed by atoms with Gasteiger partial charge in [0.25, 0.3) is 0 Å².